The largest absolute Gasteiger partial charge is 0.472 e. The molecule has 1 aliphatic heterocycles. The van der Waals surface area contributed by atoms with Gasteiger partial charge >= 0.3 is 6.18 Å². The molecule has 1 saturated heterocycles. The van der Waals surface area contributed by atoms with Gasteiger partial charge in [-0.15, -0.1) is 0 Å². The van der Waals surface area contributed by atoms with Crippen molar-refractivity contribution in [3.8, 4) is 11.1 Å². The fourth-order valence-electron chi connectivity index (χ4n) is 5.15. The molecule has 0 atom stereocenters. The summed E-state index contributed by atoms with van der Waals surface area (Å²) in [5.41, 5.74) is 1.45. The lowest BCUT2D eigenvalue weighted by molar-refractivity contribution is -0.136. The molecule has 1 aliphatic carbocycles. The molecule has 2 aliphatic rings. The summed E-state index contributed by atoms with van der Waals surface area (Å²) in [7, 11) is 0. The Kier molecular flexibility index (Phi) is 4.58. The first-order chi connectivity index (χ1) is 16.3. The van der Waals surface area contributed by atoms with Gasteiger partial charge in [0.2, 0.25) is 0 Å². The number of alkyl halides is 3. The number of imidazole rings is 1. The smallest absolute Gasteiger partial charge is 0.420 e. The Morgan fingerprint density at radius 1 is 1.18 bits per heavy atom. The number of amides is 1. The fourth-order valence-corrected chi connectivity index (χ4v) is 5.40. The van der Waals surface area contributed by atoms with Gasteiger partial charge in [-0.1, -0.05) is 17.7 Å². The Morgan fingerprint density at radius 3 is 2.65 bits per heavy atom. The monoisotopic (exact) mass is 486 g/mol. The lowest BCUT2D eigenvalue weighted by Gasteiger charge is -2.48. The lowest BCUT2D eigenvalue weighted by Crippen LogP contribution is -2.51. The Hall–Kier alpha value is -3.33. The molecule has 0 radical (unpaired) electrons. The van der Waals surface area contributed by atoms with Crippen molar-refractivity contribution in [2.45, 2.75) is 30.9 Å². The molecular weight excluding hydrogens is 469 g/mol. The van der Waals surface area contributed by atoms with E-state index in [1.54, 1.807) is 17.2 Å². The normalized spacial score (nSPS) is 17.1. The molecule has 1 fully saturated rings. The van der Waals surface area contributed by atoms with Gasteiger partial charge in [0.15, 0.2) is 11.3 Å². The predicted molar refractivity (Wildman–Crippen MR) is 118 cm³/mol. The van der Waals surface area contributed by atoms with Crippen molar-refractivity contribution in [2.75, 3.05) is 13.1 Å². The van der Waals surface area contributed by atoms with Crippen LogP contribution in [0.1, 0.15) is 40.2 Å². The molecular formula is C24H18ClF3N4O2. The number of furan rings is 1. The second-order valence-corrected chi connectivity index (χ2v) is 9.22. The van der Waals surface area contributed by atoms with E-state index >= 15 is 0 Å². The van der Waals surface area contributed by atoms with Crippen LogP contribution in [0.5, 0.6) is 0 Å². The van der Waals surface area contributed by atoms with Gasteiger partial charge in [0.25, 0.3) is 5.91 Å². The zero-order chi connectivity index (χ0) is 23.7. The standard InChI is InChI=1S/C24H18ClF3N4O2/c25-20-18(22(33)31-7-4-23(5-8-31)11-14-2-1-6-29-19(14)23)30-21-17(24(26,27)28)10-16(12-32(20)21)15-3-9-34-13-15/h1-3,6,9-10,12-13H,4-5,7-8,11H2. The van der Waals surface area contributed by atoms with E-state index in [-0.39, 0.29) is 21.8 Å². The zero-order valence-electron chi connectivity index (χ0n) is 17.8. The molecule has 174 valence electrons. The van der Waals surface area contributed by atoms with Crippen molar-refractivity contribution < 1.29 is 22.4 Å². The van der Waals surface area contributed by atoms with Gasteiger partial charge < -0.3 is 9.32 Å². The van der Waals surface area contributed by atoms with Crippen molar-refractivity contribution in [3.63, 3.8) is 0 Å². The molecule has 0 aromatic carbocycles. The van der Waals surface area contributed by atoms with Crippen LogP contribution >= 0.6 is 11.6 Å². The Labute approximate surface area is 197 Å². The van der Waals surface area contributed by atoms with Crippen LogP contribution in [0, 0.1) is 0 Å². The highest BCUT2D eigenvalue weighted by molar-refractivity contribution is 6.33. The first-order valence-corrected chi connectivity index (χ1v) is 11.2. The number of carbonyl (C=O) groups is 1. The van der Waals surface area contributed by atoms with Gasteiger partial charge in [-0.25, -0.2) is 4.98 Å². The average molecular weight is 487 g/mol. The Morgan fingerprint density at radius 2 is 1.97 bits per heavy atom. The highest BCUT2D eigenvalue weighted by Crippen LogP contribution is 2.47. The second-order valence-electron chi connectivity index (χ2n) is 8.86. The molecule has 0 unspecified atom stereocenters. The highest BCUT2D eigenvalue weighted by Gasteiger charge is 2.47. The molecule has 10 heteroatoms. The minimum Gasteiger partial charge on any atom is -0.472 e. The first kappa shape index (κ1) is 21.2. The molecule has 6 nitrogen and oxygen atoms in total. The quantitative estimate of drug-likeness (QED) is 0.381. The fraction of sp³-hybridized carbons (Fsp3) is 0.292. The average Bonchev–Trinajstić information content (AvgIpc) is 3.46. The van der Waals surface area contributed by atoms with Gasteiger partial charge in [0.1, 0.15) is 5.15 Å². The van der Waals surface area contributed by atoms with Crippen LogP contribution in [0.25, 0.3) is 16.8 Å². The summed E-state index contributed by atoms with van der Waals surface area (Å²) < 4.78 is 47.7. The van der Waals surface area contributed by atoms with Crippen molar-refractivity contribution in [2.24, 2.45) is 0 Å². The third kappa shape index (κ3) is 3.14. The summed E-state index contributed by atoms with van der Waals surface area (Å²) in [6, 6.07) is 6.53. The maximum atomic E-state index is 13.9. The molecule has 6 rings (SSSR count). The van der Waals surface area contributed by atoms with Crippen LogP contribution in [-0.4, -0.2) is 38.3 Å². The molecule has 0 bridgehead atoms. The van der Waals surface area contributed by atoms with E-state index in [1.165, 1.54) is 24.3 Å². The van der Waals surface area contributed by atoms with Crippen LogP contribution in [0.3, 0.4) is 0 Å². The summed E-state index contributed by atoms with van der Waals surface area (Å²) >= 11 is 6.44. The topological polar surface area (TPSA) is 63.6 Å². The van der Waals surface area contributed by atoms with Crippen molar-refractivity contribution in [1.82, 2.24) is 19.3 Å². The molecule has 4 aromatic rings. The van der Waals surface area contributed by atoms with Gasteiger partial charge in [-0.3, -0.25) is 14.2 Å². The number of nitrogens with zero attached hydrogens (tertiary/aromatic N) is 4. The lowest BCUT2D eigenvalue weighted by atomic mass is 9.62. The molecule has 1 amide bonds. The molecule has 1 spiro atoms. The van der Waals surface area contributed by atoms with Crippen LogP contribution in [0.4, 0.5) is 13.2 Å². The number of fused-ring (bicyclic) bond motifs is 3. The third-order valence-corrected chi connectivity index (χ3v) is 7.32. The summed E-state index contributed by atoms with van der Waals surface area (Å²) in [5, 5.41) is -0.146. The third-order valence-electron chi connectivity index (χ3n) is 6.95. The summed E-state index contributed by atoms with van der Waals surface area (Å²) in [5.74, 6) is -0.470. The SMILES string of the molecule is O=C(c1nc2c(C(F)(F)F)cc(-c3ccoc3)cn2c1Cl)N1CCC2(CC1)Cc1cccnc12. The van der Waals surface area contributed by atoms with Crippen LogP contribution in [-0.2, 0) is 18.0 Å². The summed E-state index contributed by atoms with van der Waals surface area (Å²) in [6.07, 6.45) is 3.66. The van der Waals surface area contributed by atoms with Crippen LogP contribution in [0.2, 0.25) is 5.15 Å². The number of hydrogen-bond donors (Lipinski definition) is 0. The molecule has 5 heterocycles. The van der Waals surface area contributed by atoms with E-state index < -0.39 is 23.3 Å². The van der Waals surface area contributed by atoms with Gasteiger partial charge in [0, 0.05) is 42.0 Å². The number of rotatable bonds is 2. The number of halogens is 4. The first-order valence-electron chi connectivity index (χ1n) is 10.8. The Balaban J connectivity index is 1.33. The number of pyridine rings is 2. The van der Waals surface area contributed by atoms with Gasteiger partial charge in [0.05, 0.1) is 23.8 Å². The second kappa shape index (κ2) is 7.33. The number of hydrogen-bond acceptors (Lipinski definition) is 4. The van der Waals surface area contributed by atoms with Gasteiger partial charge in [-0.05, 0) is 43.0 Å². The maximum absolute atomic E-state index is 13.9. The number of aromatic nitrogens is 3. The molecule has 0 saturated carbocycles. The van der Waals surface area contributed by atoms with Crippen LogP contribution < -0.4 is 0 Å². The minimum absolute atomic E-state index is 0.0287. The van der Waals surface area contributed by atoms with E-state index in [1.807, 2.05) is 6.07 Å². The number of carbonyl (C=O) groups excluding carboxylic acids is 1. The highest BCUT2D eigenvalue weighted by atomic mass is 35.5. The van der Waals surface area contributed by atoms with E-state index in [0.717, 1.165) is 35.4 Å². The van der Waals surface area contributed by atoms with E-state index in [0.29, 0.717) is 18.7 Å². The van der Waals surface area contributed by atoms with E-state index in [9.17, 15) is 18.0 Å². The summed E-state index contributed by atoms with van der Waals surface area (Å²) in [6.45, 7) is 0.927. The van der Waals surface area contributed by atoms with Crippen molar-refractivity contribution >= 4 is 23.2 Å². The van der Waals surface area contributed by atoms with Crippen LogP contribution in [0.15, 0.2) is 53.6 Å². The minimum atomic E-state index is -4.68. The molecule has 0 N–H and O–H groups in total. The van der Waals surface area contributed by atoms with E-state index in [4.69, 9.17) is 16.0 Å². The molecule has 34 heavy (non-hydrogen) atoms. The Bertz CT molecular complexity index is 1420. The van der Waals surface area contributed by atoms with Crippen molar-refractivity contribution in [3.05, 3.63) is 76.9 Å². The zero-order valence-corrected chi connectivity index (χ0v) is 18.5. The summed E-state index contributed by atoms with van der Waals surface area (Å²) in [4.78, 5) is 23.5. The predicted octanol–water partition coefficient (Wildman–Crippen LogP) is 5.39. The van der Waals surface area contributed by atoms with E-state index in [2.05, 4.69) is 16.0 Å². The number of piperidine rings is 1. The van der Waals surface area contributed by atoms with Crippen molar-refractivity contribution in [1.29, 1.82) is 0 Å². The maximum Gasteiger partial charge on any atom is 0.420 e. The number of likely N-dealkylation sites (tertiary alicyclic amines) is 1. The molecule has 4 aromatic heterocycles. The van der Waals surface area contributed by atoms with Gasteiger partial charge in [-0.2, -0.15) is 13.2 Å².